The lowest BCUT2D eigenvalue weighted by Gasteiger charge is -2.29. The number of para-hydroxylation sites is 1. The van der Waals surface area contributed by atoms with E-state index >= 15 is 0 Å². The average molecular weight is 446 g/mol. The van der Waals surface area contributed by atoms with E-state index in [1.165, 1.54) is 16.4 Å². The van der Waals surface area contributed by atoms with Crippen molar-refractivity contribution in [2.45, 2.75) is 36.7 Å². The Labute approximate surface area is 181 Å². The third kappa shape index (κ3) is 3.97. The zero-order chi connectivity index (χ0) is 21.3. The molecule has 1 saturated heterocycles. The van der Waals surface area contributed by atoms with E-state index in [1.54, 1.807) is 12.1 Å². The highest BCUT2D eigenvalue weighted by molar-refractivity contribution is 7.89. The Bertz CT molecular complexity index is 1170. The highest BCUT2D eigenvalue weighted by Gasteiger charge is 2.37. The average Bonchev–Trinajstić information content (AvgIpc) is 2.89. The molecule has 1 amide bonds. The number of carbonyl (C=O) groups excluding carboxylic acids is 1. The second-order valence-electron chi connectivity index (χ2n) is 7.59. The van der Waals surface area contributed by atoms with E-state index < -0.39 is 16.1 Å². The van der Waals surface area contributed by atoms with Gasteiger partial charge in [0.05, 0.1) is 4.90 Å². The molecule has 1 fully saturated rings. The normalized spacial score (nSPS) is 17.8. The Kier molecular flexibility index (Phi) is 5.86. The van der Waals surface area contributed by atoms with Crippen LogP contribution in [0.4, 0.5) is 0 Å². The van der Waals surface area contributed by atoms with Gasteiger partial charge in [-0.1, -0.05) is 29.8 Å². The summed E-state index contributed by atoms with van der Waals surface area (Å²) in [5.74, 6) is -0.245. The minimum atomic E-state index is -3.92. The maximum Gasteiger partial charge on any atom is 0.244 e. The number of hydrogen-bond donors (Lipinski definition) is 1. The summed E-state index contributed by atoms with van der Waals surface area (Å²) in [5.41, 5.74) is 1.88. The summed E-state index contributed by atoms with van der Waals surface area (Å²) in [6.07, 6.45) is 4.05. The first-order chi connectivity index (χ1) is 14.4. The Morgan fingerprint density at radius 2 is 1.87 bits per heavy atom. The van der Waals surface area contributed by atoms with Crippen molar-refractivity contribution >= 4 is 38.4 Å². The summed E-state index contributed by atoms with van der Waals surface area (Å²) in [6.45, 7) is 0.683. The van der Waals surface area contributed by atoms with Gasteiger partial charge in [0.15, 0.2) is 0 Å². The predicted molar refractivity (Wildman–Crippen MR) is 118 cm³/mol. The van der Waals surface area contributed by atoms with Crippen LogP contribution < -0.4 is 5.32 Å². The molecule has 1 N–H and O–H groups in total. The smallest absolute Gasteiger partial charge is 0.244 e. The zero-order valence-electron chi connectivity index (χ0n) is 16.7. The number of amides is 1. The molecule has 0 aliphatic carbocycles. The van der Waals surface area contributed by atoms with E-state index in [0.29, 0.717) is 18.0 Å². The van der Waals surface area contributed by atoms with Crippen LogP contribution in [0.5, 0.6) is 0 Å². The molecule has 1 unspecified atom stereocenters. The SMILES string of the molecule is Cn1cc(CN(C2CCCCNC2=O)S(=O)(=O)c2ccc(Cl)cc2)c2ccccc21. The molecule has 4 rings (SSSR count). The van der Waals surface area contributed by atoms with Crippen molar-refractivity contribution in [2.75, 3.05) is 6.54 Å². The number of carbonyl (C=O) groups is 1. The molecule has 6 nitrogen and oxygen atoms in total. The summed E-state index contributed by atoms with van der Waals surface area (Å²) < 4.78 is 30.6. The predicted octanol–water partition coefficient (Wildman–Crippen LogP) is 3.69. The topological polar surface area (TPSA) is 71.4 Å². The Hall–Kier alpha value is -2.35. The maximum atomic E-state index is 13.6. The number of aryl methyl sites for hydroxylation is 1. The lowest BCUT2D eigenvalue weighted by molar-refractivity contribution is -0.124. The van der Waals surface area contributed by atoms with E-state index in [-0.39, 0.29) is 17.3 Å². The van der Waals surface area contributed by atoms with Crippen molar-refractivity contribution in [3.8, 4) is 0 Å². The highest BCUT2D eigenvalue weighted by Crippen LogP contribution is 2.29. The van der Waals surface area contributed by atoms with E-state index in [2.05, 4.69) is 5.32 Å². The fraction of sp³-hybridized carbons (Fsp3) is 0.318. The van der Waals surface area contributed by atoms with Crippen molar-refractivity contribution in [3.05, 3.63) is 65.3 Å². The molecule has 0 radical (unpaired) electrons. The van der Waals surface area contributed by atoms with Gasteiger partial charge >= 0.3 is 0 Å². The van der Waals surface area contributed by atoms with Crippen molar-refractivity contribution in [3.63, 3.8) is 0 Å². The van der Waals surface area contributed by atoms with Gasteiger partial charge in [0.2, 0.25) is 15.9 Å². The van der Waals surface area contributed by atoms with E-state index in [0.717, 1.165) is 29.3 Å². The molecule has 158 valence electrons. The molecule has 1 aliphatic heterocycles. The Morgan fingerprint density at radius 1 is 1.13 bits per heavy atom. The van der Waals surface area contributed by atoms with Crippen LogP contribution in [0.1, 0.15) is 24.8 Å². The van der Waals surface area contributed by atoms with Crippen LogP contribution in [0.3, 0.4) is 0 Å². The second-order valence-corrected chi connectivity index (χ2v) is 9.92. The van der Waals surface area contributed by atoms with Gasteiger partial charge in [-0.2, -0.15) is 4.31 Å². The van der Waals surface area contributed by atoms with Gasteiger partial charge in [0.1, 0.15) is 6.04 Å². The van der Waals surface area contributed by atoms with Gasteiger partial charge < -0.3 is 9.88 Å². The molecule has 0 spiro atoms. The molecule has 3 aromatic rings. The first-order valence-corrected chi connectivity index (χ1v) is 11.8. The first kappa shape index (κ1) is 20.9. The number of rotatable bonds is 5. The van der Waals surface area contributed by atoms with Crippen LogP contribution in [-0.2, 0) is 28.4 Å². The summed E-state index contributed by atoms with van der Waals surface area (Å²) in [7, 11) is -1.99. The molecule has 8 heteroatoms. The van der Waals surface area contributed by atoms with Crippen LogP contribution in [-0.4, -0.2) is 35.8 Å². The summed E-state index contributed by atoms with van der Waals surface area (Å²) in [6, 6.07) is 13.2. The number of fused-ring (bicyclic) bond motifs is 1. The van der Waals surface area contributed by atoms with Crippen LogP contribution >= 0.6 is 11.6 Å². The molecule has 0 bridgehead atoms. The minimum Gasteiger partial charge on any atom is -0.355 e. The van der Waals surface area contributed by atoms with Crippen molar-refractivity contribution in [1.82, 2.24) is 14.2 Å². The lowest BCUT2D eigenvalue weighted by atomic mass is 10.1. The van der Waals surface area contributed by atoms with Gasteiger partial charge in [0.25, 0.3) is 0 Å². The Morgan fingerprint density at radius 3 is 2.63 bits per heavy atom. The number of aromatic nitrogens is 1. The zero-order valence-corrected chi connectivity index (χ0v) is 18.3. The molecule has 2 heterocycles. The van der Waals surface area contributed by atoms with Crippen molar-refractivity contribution in [1.29, 1.82) is 0 Å². The molecule has 0 saturated carbocycles. The fourth-order valence-electron chi connectivity index (χ4n) is 4.02. The summed E-state index contributed by atoms with van der Waals surface area (Å²) in [4.78, 5) is 12.9. The molecule has 1 atom stereocenters. The number of hydrogen-bond acceptors (Lipinski definition) is 3. The number of nitrogens with zero attached hydrogens (tertiary/aromatic N) is 2. The third-order valence-corrected chi connectivity index (χ3v) is 7.70. The summed E-state index contributed by atoms with van der Waals surface area (Å²) in [5, 5.41) is 4.30. The van der Waals surface area contributed by atoms with Gasteiger partial charge in [-0.15, -0.1) is 0 Å². The molecule has 2 aromatic carbocycles. The lowest BCUT2D eigenvalue weighted by Crippen LogP contribution is -2.48. The van der Waals surface area contributed by atoms with Crippen LogP contribution in [0.25, 0.3) is 10.9 Å². The molecule has 1 aliphatic rings. The van der Waals surface area contributed by atoms with Gasteiger partial charge in [-0.25, -0.2) is 8.42 Å². The van der Waals surface area contributed by atoms with Gasteiger partial charge in [-0.05, 0) is 55.2 Å². The summed E-state index contributed by atoms with van der Waals surface area (Å²) >= 11 is 5.96. The molecule has 30 heavy (non-hydrogen) atoms. The van der Waals surface area contributed by atoms with Crippen LogP contribution in [0, 0.1) is 0 Å². The first-order valence-electron chi connectivity index (χ1n) is 9.96. The van der Waals surface area contributed by atoms with Crippen LogP contribution in [0.2, 0.25) is 5.02 Å². The number of benzene rings is 2. The third-order valence-electron chi connectivity index (χ3n) is 5.58. The number of sulfonamides is 1. The minimum absolute atomic E-state index is 0.115. The highest BCUT2D eigenvalue weighted by atomic mass is 35.5. The van der Waals surface area contributed by atoms with Gasteiger partial charge in [0, 0.05) is 42.3 Å². The largest absolute Gasteiger partial charge is 0.355 e. The standard InChI is InChI=1S/C22H24ClN3O3S/c1-25-14-16(19-6-2-3-7-20(19)25)15-26(21-8-4-5-13-24-22(21)27)30(28,29)18-11-9-17(23)10-12-18/h2-3,6-7,9-12,14,21H,4-5,8,13,15H2,1H3,(H,24,27). The molecular weight excluding hydrogens is 422 g/mol. The second kappa shape index (κ2) is 8.41. The number of nitrogens with one attached hydrogen (secondary N) is 1. The van der Waals surface area contributed by atoms with Crippen LogP contribution in [0.15, 0.2) is 59.6 Å². The van der Waals surface area contributed by atoms with Crippen molar-refractivity contribution in [2.24, 2.45) is 7.05 Å². The molecule has 1 aromatic heterocycles. The Balaban J connectivity index is 1.80. The fourth-order valence-corrected chi connectivity index (χ4v) is 5.74. The van der Waals surface area contributed by atoms with Gasteiger partial charge in [-0.3, -0.25) is 4.79 Å². The van der Waals surface area contributed by atoms with E-state index in [1.807, 2.05) is 42.1 Å². The van der Waals surface area contributed by atoms with E-state index in [4.69, 9.17) is 11.6 Å². The monoisotopic (exact) mass is 445 g/mol. The number of halogens is 1. The quantitative estimate of drug-likeness (QED) is 0.651. The molecular formula is C22H24ClN3O3S. The van der Waals surface area contributed by atoms with E-state index in [9.17, 15) is 13.2 Å². The maximum absolute atomic E-state index is 13.6. The van der Waals surface area contributed by atoms with Crippen molar-refractivity contribution < 1.29 is 13.2 Å².